The smallest absolute Gasteiger partial charge is 0.228 e. The fourth-order valence-corrected chi connectivity index (χ4v) is 1.53. The molecule has 1 saturated heterocycles. The van der Waals surface area contributed by atoms with E-state index < -0.39 is 0 Å². The zero-order chi connectivity index (χ0) is 6.43. The fourth-order valence-electron chi connectivity index (χ4n) is 1.53. The van der Waals surface area contributed by atoms with Gasteiger partial charge in [-0.2, -0.15) is 0 Å². The summed E-state index contributed by atoms with van der Waals surface area (Å²) in [5.41, 5.74) is 0. The third-order valence-corrected chi connectivity index (χ3v) is 2.25. The van der Waals surface area contributed by atoms with E-state index in [1.165, 1.54) is 0 Å². The van der Waals surface area contributed by atoms with E-state index in [4.69, 9.17) is 4.74 Å². The average Bonchev–Trinajstić information content (AvgIpc) is 1.80. The van der Waals surface area contributed by atoms with Crippen LogP contribution in [0.1, 0.15) is 6.42 Å². The third-order valence-electron chi connectivity index (χ3n) is 2.25. The lowest BCUT2D eigenvalue weighted by Gasteiger charge is -2.50. The summed E-state index contributed by atoms with van der Waals surface area (Å²) in [4.78, 5) is 10.7. The standard InChI is InChI=1S/C6H9NO2/c1-9-4-2-3-5(4)6(8)7-3/h3-5H,2H2,1H3,(H,7,8). The highest BCUT2D eigenvalue weighted by Gasteiger charge is 2.54. The number of β-lactam (4-membered cyclic amide) rings is 1. The molecule has 50 valence electrons. The normalized spacial score (nSPS) is 46.3. The number of fused-ring (bicyclic) bond motifs is 1. The van der Waals surface area contributed by atoms with Crippen molar-refractivity contribution in [2.75, 3.05) is 7.11 Å². The van der Waals surface area contributed by atoms with Crippen molar-refractivity contribution in [3.8, 4) is 0 Å². The van der Waals surface area contributed by atoms with E-state index in [0.29, 0.717) is 6.04 Å². The van der Waals surface area contributed by atoms with Crippen molar-refractivity contribution in [3.05, 3.63) is 0 Å². The third kappa shape index (κ3) is 0.477. The number of methoxy groups -OCH3 is 1. The van der Waals surface area contributed by atoms with Crippen LogP contribution in [0.5, 0.6) is 0 Å². The molecular weight excluding hydrogens is 118 g/mol. The Labute approximate surface area is 53.4 Å². The van der Waals surface area contributed by atoms with Gasteiger partial charge in [-0.05, 0) is 6.42 Å². The highest BCUT2D eigenvalue weighted by atomic mass is 16.5. The molecule has 1 heterocycles. The number of rotatable bonds is 1. The van der Waals surface area contributed by atoms with Gasteiger partial charge < -0.3 is 10.1 Å². The van der Waals surface area contributed by atoms with Gasteiger partial charge in [0.2, 0.25) is 5.91 Å². The van der Waals surface area contributed by atoms with Crippen molar-refractivity contribution in [2.45, 2.75) is 18.6 Å². The van der Waals surface area contributed by atoms with E-state index in [1.54, 1.807) is 7.11 Å². The summed E-state index contributed by atoms with van der Waals surface area (Å²) in [7, 11) is 1.66. The molecule has 1 amide bonds. The van der Waals surface area contributed by atoms with Crippen molar-refractivity contribution in [1.82, 2.24) is 5.32 Å². The zero-order valence-electron chi connectivity index (χ0n) is 5.26. The summed E-state index contributed by atoms with van der Waals surface area (Å²) in [5.74, 6) is 0.355. The summed E-state index contributed by atoms with van der Waals surface area (Å²) < 4.78 is 5.03. The number of hydrogen-bond donors (Lipinski definition) is 1. The Morgan fingerprint density at radius 2 is 2.56 bits per heavy atom. The monoisotopic (exact) mass is 127 g/mol. The highest BCUT2D eigenvalue weighted by molar-refractivity contribution is 5.88. The molecule has 0 radical (unpaired) electrons. The van der Waals surface area contributed by atoms with Crippen LogP contribution in [0.15, 0.2) is 0 Å². The minimum Gasteiger partial charge on any atom is -0.380 e. The zero-order valence-corrected chi connectivity index (χ0v) is 5.26. The van der Waals surface area contributed by atoms with Crippen LogP contribution in [-0.4, -0.2) is 25.2 Å². The Kier molecular flexibility index (Phi) is 0.858. The second kappa shape index (κ2) is 1.48. The molecule has 0 aromatic heterocycles. The topological polar surface area (TPSA) is 38.3 Å². The van der Waals surface area contributed by atoms with Crippen LogP contribution in [0, 0.1) is 5.92 Å². The fraction of sp³-hybridized carbons (Fsp3) is 0.833. The van der Waals surface area contributed by atoms with Crippen LogP contribution in [0.4, 0.5) is 0 Å². The van der Waals surface area contributed by atoms with Gasteiger partial charge in [-0.15, -0.1) is 0 Å². The molecule has 1 aliphatic heterocycles. The molecule has 1 N–H and O–H groups in total. The minimum atomic E-state index is 0.165. The second-order valence-electron chi connectivity index (χ2n) is 2.65. The predicted molar refractivity (Wildman–Crippen MR) is 30.8 cm³/mol. The van der Waals surface area contributed by atoms with Gasteiger partial charge in [0.15, 0.2) is 0 Å². The molecule has 2 rings (SSSR count). The molecule has 0 bridgehead atoms. The Hall–Kier alpha value is -0.570. The molecule has 0 aromatic rings. The summed E-state index contributed by atoms with van der Waals surface area (Å²) in [6.45, 7) is 0. The molecule has 9 heavy (non-hydrogen) atoms. The van der Waals surface area contributed by atoms with Gasteiger partial charge in [0.1, 0.15) is 0 Å². The van der Waals surface area contributed by atoms with Gasteiger partial charge in [0.05, 0.1) is 12.0 Å². The molecule has 1 aliphatic carbocycles. The van der Waals surface area contributed by atoms with Gasteiger partial charge in [-0.25, -0.2) is 0 Å². The summed E-state index contributed by atoms with van der Waals surface area (Å²) in [6, 6.07) is 0.447. The number of hydrogen-bond acceptors (Lipinski definition) is 2. The molecule has 2 fully saturated rings. The quantitative estimate of drug-likeness (QED) is 0.483. The van der Waals surface area contributed by atoms with Crippen molar-refractivity contribution in [1.29, 1.82) is 0 Å². The van der Waals surface area contributed by atoms with E-state index in [2.05, 4.69) is 5.32 Å². The molecular formula is C6H9NO2. The number of piperidine rings is 1. The van der Waals surface area contributed by atoms with Gasteiger partial charge in [0.25, 0.3) is 0 Å². The Morgan fingerprint density at radius 1 is 1.78 bits per heavy atom. The van der Waals surface area contributed by atoms with Crippen molar-refractivity contribution < 1.29 is 9.53 Å². The second-order valence-corrected chi connectivity index (χ2v) is 2.65. The molecule has 0 aromatic carbocycles. The van der Waals surface area contributed by atoms with Crippen LogP contribution in [0.2, 0.25) is 0 Å². The predicted octanol–water partition coefficient (Wildman–Crippen LogP) is -0.480. The first kappa shape index (κ1) is 5.23. The van der Waals surface area contributed by atoms with E-state index in [0.717, 1.165) is 6.42 Å². The molecule has 2 aliphatic rings. The lowest BCUT2D eigenvalue weighted by atomic mass is 9.70. The van der Waals surface area contributed by atoms with Gasteiger partial charge in [-0.3, -0.25) is 4.79 Å². The summed E-state index contributed by atoms with van der Waals surface area (Å²) >= 11 is 0. The van der Waals surface area contributed by atoms with E-state index >= 15 is 0 Å². The van der Waals surface area contributed by atoms with Gasteiger partial charge in [0, 0.05) is 13.2 Å². The Morgan fingerprint density at radius 3 is 2.89 bits per heavy atom. The first-order valence-corrected chi connectivity index (χ1v) is 3.16. The molecule has 3 unspecified atom stereocenters. The van der Waals surface area contributed by atoms with Gasteiger partial charge >= 0.3 is 0 Å². The van der Waals surface area contributed by atoms with Crippen molar-refractivity contribution in [2.24, 2.45) is 5.92 Å². The lowest BCUT2D eigenvalue weighted by molar-refractivity contribution is -0.159. The number of amides is 1. The number of carbonyl (C=O) groups is 1. The molecule has 0 spiro atoms. The van der Waals surface area contributed by atoms with Crippen LogP contribution in [0.25, 0.3) is 0 Å². The lowest BCUT2D eigenvalue weighted by Crippen LogP contribution is -2.71. The highest BCUT2D eigenvalue weighted by Crippen LogP contribution is 2.36. The maximum absolute atomic E-state index is 10.7. The van der Waals surface area contributed by atoms with Crippen LogP contribution in [0.3, 0.4) is 0 Å². The summed E-state index contributed by atoms with van der Waals surface area (Å²) in [5, 5.41) is 2.79. The number of ether oxygens (including phenoxy) is 1. The molecule has 3 heteroatoms. The Bertz CT molecular complexity index is 157. The van der Waals surface area contributed by atoms with Crippen LogP contribution < -0.4 is 5.32 Å². The van der Waals surface area contributed by atoms with E-state index in [-0.39, 0.29) is 17.9 Å². The van der Waals surface area contributed by atoms with E-state index in [9.17, 15) is 4.79 Å². The Balaban J connectivity index is 1.99. The van der Waals surface area contributed by atoms with Gasteiger partial charge in [-0.1, -0.05) is 0 Å². The van der Waals surface area contributed by atoms with Crippen molar-refractivity contribution in [3.63, 3.8) is 0 Å². The number of carbonyl (C=O) groups excluding carboxylic acids is 1. The van der Waals surface area contributed by atoms with Crippen molar-refractivity contribution >= 4 is 5.91 Å². The maximum Gasteiger partial charge on any atom is 0.228 e. The average molecular weight is 127 g/mol. The molecule has 1 saturated carbocycles. The number of nitrogens with one attached hydrogen (secondary N) is 1. The SMILES string of the molecule is COC1CC2NC(=O)C21. The maximum atomic E-state index is 10.7. The largest absolute Gasteiger partial charge is 0.380 e. The molecule has 3 atom stereocenters. The first-order valence-electron chi connectivity index (χ1n) is 3.16. The first-order chi connectivity index (χ1) is 4.33. The summed E-state index contributed by atoms with van der Waals surface area (Å²) in [6.07, 6.45) is 1.22. The van der Waals surface area contributed by atoms with Crippen LogP contribution in [-0.2, 0) is 9.53 Å². The minimum absolute atomic E-state index is 0.165. The van der Waals surface area contributed by atoms with Crippen LogP contribution >= 0.6 is 0 Å². The van der Waals surface area contributed by atoms with E-state index in [1.807, 2.05) is 0 Å². The molecule has 3 nitrogen and oxygen atoms in total.